The number of hydrogen-bond acceptors (Lipinski definition) is 6. The Morgan fingerprint density at radius 1 is 1.00 bits per heavy atom. The van der Waals surface area contributed by atoms with Crippen LogP contribution in [-0.4, -0.2) is 55.0 Å². The van der Waals surface area contributed by atoms with Gasteiger partial charge in [-0.1, -0.05) is 29.8 Å². The molecule has 0 fully saturated rings. The molecule has 0 aliphatic carbocycles. The first kappa shape index (κ1) is 15.0. The van der Waals surface area contributed by atoms with Gasteiger partial charge in [0.25, 0.3) is 5.91 Å². The molecule has 1 heterocycles. The van der Waals surface area contributed by atoms with Crippen LogP contribution in [0.15, 0.2) is 48.5 Å². The summed E-state index contributed by atoms with van der Waals surface area (Å²) >= 11 is 0. The van der Waals surface area contributed by atoms with Gasteiger partial charge in [-0.3, -0.25) is 9.59 Å². The molecule has 1 amide bonds. The maximum Gasteiger partial charge on any atom is 0.308 e. The van der Waals surface area contributed by atoms with E-state index in [-0.39, 0.29) is 28.9 Å². The Labute approximate surface area is 205 Å². The van der Waals surface area contributed by atoms with Gasteiger partial charge in [0, 0.05) is 62.2 Å². The Morgan fingerprint density at radius 2 is 1.61 bits per heavy atom. The van der Waals surface area contributed by atoms with E-state index in [1.165, 1.54) is 19.0 Å². The van der Waals surface area contributed by atoms with E-state index < -0.39 is 37.7 Å². The van der Waals surface area contributed by atoms with E-state index in [1.54, 1.807) is 36.4 Å². The molecule has 2 aromatic carbocycles. The third-order valence-electron chi connectivity index (χ3n) is 4.67. The highest BCUT2D eigenvalue weighted by Crippen LogP contribution is 2.27. The molecular weight excluding hydrogens is 418 g/mol. The number of carbonyl (C=O) groups is 2. The van der Waals surface area contributed by atoms with E-state index in [0.717, 1.165) is 5.56 Å². The third-order valence-corrected chi connectivity index (χ3v) is 4.67. The molecular formula is C25H29N5O3. The topological polar surface area (TPSA) is 98.7 Å². The maximum absolute atomic E-state index is 12.5. The highest BCUT2D eigenvalue weighted by Gasteiger charge is 2.20. The summed E-state index contributed by atoms with van der Waals surface area (Å²) in [6.07, 6.45) is -3.29. The van der Waals surface area contributed by atoms with Gasteiger partial charge in [-0.15, -0.1) is 0 Å². The molecule has 0 spiro atoms. The summed E-state index contributed by atoms with van der Waals surface area (Å²) in [5.41, 5.74) is 1.78. The van der Waals surface area contributed by atoms with Gasteiger partial charge < -0.3 is 20.2 Å². The first-order chi connectivity index (χ1) is 18.8. The number of benzene rings is 2. The Hall–Kier alpha value is -3.94. The van der Waals surface area contributed by atoms with E-state index in [1.807, 2.05) is 19.1 Å². The fourth-order valence-electron chi connectivity index (χ4n) is 3.06. The van der Waals surface area contributed by atoms with Crippen LogP contribution in [-0.2, 0) is 17.6 Å². The van der Waals surface area contributed by atoms with Gasteiger partial charge in [0.15, 0.2) is 0 Å². The maximum atomic E-state index is 12.5. The summed E-state index contributed by atoms with van der Waals surface area (Å²) in [4.78, 5) is 34.0. The van der Waals surface area contributed by atoms with Crippen LogP contribution in [0, 0.1) is 6.92 Å². The van der Waals surface area contributed by atoms with Crippen molar-refractivity contribution in [1.82, 2.24) is 9.97 Å². The molecule has 0 aliphatic rings. The molecule has 33 heavy (non-hydrogen) atoms. The standard InChI is InChI=1S/C25H29N5O3/c1-16-6-10-18(11-7-16)25(33)26-19-12-8-17(9-13-19)14-21-27-23(29(2)3)20(15-22(31)32)24(28-21)30(4)5/h6-13H,14-15H2,1-5H3,(H,26,33)(H,31,32)/i2D3,3D3,15D2. The van der Waals surface area contributed by atoms with E-state index in [0.29, 0.717) is 16.8 Å². The number of anilines is 3. The van der Waals surface area contributed by atoms with Crippen molar-refractivity contribution in [2.24, 2.45) is 0 Å². The van der Waals surface area contributed by atoms with E-state index >= 15 is 0 Å². The Balaban J connectivity index is 2.06. The SMILES string of the molecule is [2H]C([2H])(C(=O)O)c1c(N(C)C)nc(Cc2ccc(NC(=O)c3ccc(C)cc3)cc2)nc1N(C([2H])([2H])[2H])C([2H])([2H])[2H]. The van der Waals surface area contributed by atoms with Crippen molar-refractivity contribution in [3.05, 3.63) is 76.6 Å². The highest BCUT2D eigenvalue weighted by atomic mass is 16.4. The van der Waals surface area contributed by atoms with E-state index in [4.69, 9.17) is 11.0 Å². The summed E-state index contributed by atoms with van der Waals surface area (Å²) in [6, 6.07) is 13.6. The molecule has 0 saturated carbocycles. The Kier molecular flexibility index (Phi) is 4.60. The monoisotopic (exact) mass is 455 g/mol. The molecule has 0 radical (unpaired) electrons. The molecule has 0 aliphatic heterocycles. The molecule has 8 nitrogen and oxygen atoms in total. The van der Waals surface area contributed by atoms with Crippen LogP contribution in [0.5, 0.6) is 0 Å². The van der Waals surface area contributed by atoms with Gasteiger partial charge >= 0.3 is 5.97 Å². The molecule has 8 heteroatoms. The van der Waals surface area contributed by atoms with Crippen molar-refractivity contribution in [2.75, 3.05) is 43.2 Å². The normalized spacial score (nSPS) is 15.4. The predicted octanol–water partition coefficient (Wildman–Crippen LogP) is 3.39. The van der Waals surface area contributed by atoms with E-state index in [9.17, 15) is 14.7 Å². The fourth-order valence-corrected chi connectivity index (χ4v) is 3.06. The second-order valence-electron chi connectivity index (χ2n) is 7.52. The average Bonchev–Trinajstić information content (AvgIpc) is 2.83. The lowest BCUT2D eigenvalue weighted by Gasteiger charge is -2.22. The van der Waals surface area contributed by atoms with Crippen LogP contribution in [0.4, 0.5) is 17.3 Å². The zero-order valence-electron chi connectivity index (χ0n) is 26.4. The van der Waals surface area contributed by atoms with Gasteiger partial charge in [-0.05, 0) is 36.8 Å². The number of nitrogens with one attached hydrogen (secondary N) is 1. The van der Waals surface area contributed by atoms with Crippen LogP contribution in [0.1, 0.15) is 43.8 Å². The number of carbonyl (C=O) groups excluding carboxylic acids is 1. The van der Waals surface area contributed by atoms with Gasteiger partial charge in [0.1, 0.15) is 17.5 Å². The lowest BCUT2D eigenvalue weighted by atomic mass is 10.1. The fraction of sp³-hybridized carbons (Fsp3) is 0.280. The van der Waals surface area contributed by atoms with Crippen molar-refractivity contribution < 1.29 is 25.7 Å². The number of carboxylic acid groups (broad SMARTS) is 1. The lowest BCUT2D eigenvalue weighted by Crippen LogP contribution is -2.22. The number of nitrogens with zero attached hydrogens (tertiary/aromatic N) is 4. The van der Waals surface area contributed by atoms with Crippen molar-refractivity contribution in [2.45, 2.75) is 19.7 Å². The number of hydrogen-bond donors (Lipinski definition) is 2. The minimum Gasteiger partial charge on any atom is -0.481 e. The van der Waals surface area contributed by atoms with Gasteiger partial charge in [0.2, 0.25) is 0 Å². The predicted molar refractivity (Wildman–Crippen MR) is 130 cm³/mol. The van der Waals surface area contributed by atoms with Crippen LogP contribution in [0.25, 0.3) is 0 Å². The largest absolute Gasteiger partial charge is 0.481 e. The molecule has 0 bridgehead atoms. The first-order valence-corrected chi connectivity index (χ1v) is 9.91. The van der Waals surface area contributed by atoms with Gasteiger partial charge in [0.05, 0.1) is 6.37 Å². The van der Waals surface area contributed by atoms with Crippen molar-refractivity contribution in [1.29, 1.82) is 0 Å². The average molecular weight is 456 g/mol. The minimum absolute atomic E-state index is 0.0437. The van der Waals surface area contributed by atoms with Crippen LogP contribution in [0.3, 0.4) is 0 Å². The lowest BCUT2D eigenvalue weighted by molar-refractivity contribution is -0.136. The highest BCUT2D eigenvalue weighted by molar-refractivity contribution is 6.04. The van der Waals surface area contributed by atoms with Crippen molar-refractivity contribution in [3.8, 4) is 0 Å². The van der Waals surface area contributed by atoms with Gasteiger partial charge in [-0.2, -0.15) is 0 Å². The molecule has 0 atom stereocenters. The Morgan fingerprint density at radius 3 is 2.15 bits per heavy atom. The minimum atomic E-state index is -3.33. The molecule has 0 saturated heterocycles. The quantitative estimate of drug-likeness (QED) is 0.537. The first-order valence-electron chi connectivity index (χ1n) is 13.9. The summed E-state index contributed by atoms with van der Waals surface area (Å²) in [5.74, 6) is -3.54. The number of amides is 1. The molecule has 172 valence electrons. The second kappa shape index (κ2) is 10.1. The zero-order valence-corrected chi connectivity index (χ0v) is 18.4. The second-order valence-corrected chi connectivity index (χ2v) is 7.52. The summed E-state index contributed by atoms with van der Waals surface area (Å²) in [7, 11) is 2.86. The summed E-state index contributed by atoms with van der Waals surface area (Å²) in [5, 5.41) is 12.4. The molecule has 3 aromatic rings. The smallest absolute Gasteiger partial charge is 0.308 e. The zero-order chi connectivity index (χ0) is 30.9. The molecule has 1 aromatic heterocycles. The summed E-state index contributed by atoms with van der Waals surface area (Å²) in [6.45, 7) is -4.75. The number of aryl methyl sites for hydroxylation is 1. The molecule has 2 N–H and O–H groups in total. The van der Waals surface area contributed by atoms with Crippen molar-refractivity contribution >= 4 is 29.2 Å². The van der Waals surface area contributed by atoms with Crippen LogP contribution >= 0.6 is 0 Å². The number of rotatable bonds is 8. The summed E-state index contributed by atoms with van der Waals surface area (Å²) < 4.78 is 63.3. The number of carboxylic acids is 1. The van der Waals surface area contributed by atoms with Gasteiger partial charge in [-0.25, -0.2) is 9.97 Å². The van der Waals surface area contributed by atoms with Crippen molar-refractivity contribution in [3.63, 3.8) is 0 Å². The Bertz CT molecular complexity index is 1410. The number of aromatic nitrogens is 2. The molecule has 3 rings (SSSR count). The third kappa shape index (κ3) is 6.06. The number of aliphatic carboxylic acids is 1. The van der Waals surface area contributed by atoms with Crippen LogP contribution < -0.4 is 15.1 Å². The molecule has 0 unspecified atom stereocenters. The van der Waals surface area contributed by atoms with E-state index in [2.05, 4.69) is 15.3 Å². The van der Waals surface area contributed by atoms with Crippen LogP contribution in [0.2, 0.25) is 0 Å².